The number of fused-ring (bicyclic) bond motifs is 1. The summed E-state index contributed by atoms with van der Waals surface area (Å²) in [6.07, 6.45) is 0.512. The minimum absolute atomic E-state index is 0.206. The Labute approximate surface area is 159 Å². The molecule has 4 rings (SSSR count). The summed E-state index contributed by atoms with van der Waals surface area (Å²) in [4.78, 5) is 51.0. The van der Waals surface area contributed by atoms with E-state index in [0.29, 0.717) is 28.1 Å². The van der Waals surface area contributed by atoms with E-state index in [9.17, 15) is 19.2 Å². The highest BCUT2D eigenvalue weighted by Crippen LogP contribution is 2.32. The molecule has 3 heterocycles. The molecule has 0 aliphatic carbocycles. The zero-order chi connectivity index (χ0) is 19.1. The Bertz CT molecular complexity index is 981. The molecule has 8 heteroatoms. The summed E-state index contributed by atoms with van der Waals surface area (Å²) in [5.41, 5.74) is 2.62. The fraction of sp³-hybridized carbons (Fsp3) is 0.263. The Kier molecular flexibility index (Phi) is 4.27. The van der Waals surface area contributed by atoms with Crippen molar-refractivity contribution in [2.45, 2.75) is 32.4 Å². The molecule has 2 aliphatic heterocycles. The zero-order valence-electron chi connectivity index (χ0n) is 14.6. The number of hydrogen-bond acceptors (Lipinski definition) is 5. The molecule has 7 nitrogen and oxygen atoms in total. The molecule has 1 aromatic heterocycles. The Morgan fingerprint density at radius 2 is 2.07 bits per heavy atom. The van der Waals surface area contributed by atoms with E-state index in [2.05, 4.69) is 10.6 Å². The maximum absolute atomic E-state index is 12.8. The lowest BCUT2D eigenvalue weighted by Gasteiger charge is -2.29. The second-order valence-electron chi connectivity index (χ2n) is 6.62. The van der Waals surface area contributed by atoms with E-state index in [1.54, 1.807) is 18.2 Å². The lowest BCUT2D eigenvalue weighted by atomic mass is 10.0. The van der Waals surface area contributed by atoms with Gasteiger partial charge < -0.3 is 10.2 Å². The van der Waals surface area contributed by atoms with Gasteiger partial charge in [0.15, 0.2) is 0 Å². The Morgan fingerprint density at radius 3 is 2.78 bits per heavy atom. The van der Waals surface area contributed by atoms with Crippen LogP contribution in [-0.2, 0) is 16.1 Å². The third kappa shape index (κ3) is 3.02. The number of anilines is 1. The molecule has 0 spiro atoms. The molecule has 2 N–H and O–H groups in total. The SMILES string of the molecule is Cc1ccsc1C(=O)Nc1cccc2c1CN(C1CCC(=O)NC1=O)C2=O. The molecular weight excluding hydrogens is 366 g/mol. The molecule has 138 valence electrons. The van der Waals surface area contributed by atoms with Crippen LogP contribution in [0.5, 0.6) is 0 Å². The second-order valence-corrected chi connectivity index (χ2v) is 7.53. The Morgan fingerprint density at radius 1 is 1.26 bits per heavy atom. The average molecular weight is 383 g/mol. The van der Waals surface area contributed by atoms with E-state index in [4.69, 9.17) is 0 Å². The van der Waals surface area contributed by atoms with Crippen LogP contribution in [0.3, 0.4) is 0 Å². The molecule has 4 amide bonds. The highest BCUT2D eigenvalue weighted by molar-refractivity contribution is 7.12. The van der Waals surface area contributed by atoms with Crippen molar-refractivity contribution < 1.29 is 19.2 Å². The van der Waals surface area contributed by atoms with Crippen molar-refractivity contribution in [1.82, 2.24) is 10.2 Å². The van der Waals surface area contributed by atoms with E-state index in [1.807, 2.05) is 18.4 Å². The summed E-state index contributed by atoms with van der Waals surface area (Å²) < 4.78 is 0. The van der Waals surface area contributed by atoms with Gasteiger partial charge in [-0.1, -0.05) is 6.07 Å². The van der Waals surface area contributed by atoms with Crippen LogP contribution in [0.2, 0.25) is 0 Å². The minimum Gasteiger partial charge on any atom is -0.322 e. The van der Waals surface area contributed by atoms with E-state index in [1.165, 1.54) is 16.2 Å². The van der Waals surface area contributed by atoms with Gasteiger partial charge in [0.2, 0.25) is 11.8 Å². The van der Waals surface area contributed by atoms with Crippen LogP contribution in [0.1, 0.15) is 44.0 Å². The Hall–Kier alpha value is -3.00. The van der Waals surface area contributed by atoms with Crippen molar-refractivity contribution in [1.29, 1.82) is 0 Å². The summed E-state index contributed by atoms with van der Waals surface area (Å²) in [6, 6.07) is 6.35. The summed E-state index contributed by atoms with van der Waals surface area (Å²) in [5.74, 6) is -1.25. The first kappa shape index (κ1) is 17.4. The predicted molar refractivity (Wildman–Crippen MR) is 99.5 cm³/mol. The third-order valence-electron chi connectivity index (χ3n) is 4.90. The van der Waals surface area contributed by atoms with Gasteiger partial charge in [0.1, 0.15) is 6.04 Å². The number of hydrogen-bond donors (Lipinski definition) is 2. The Balaban J connectivity index is 1.59. The lowest BCUT2D eigenvalue weighted by Crippen LogP contribution is -2.52. The monoisotopic (exact) mass is 383 g/mol. The van der Waals surface area contributed by atoms with Crippen LogP contribution in [0.15, 0.2) is 29.6 Å². The smallest absolute Gasteiger partial charge is 0.266 e. The largest absolute Gasteiger partial charge is 0.322 e. The molecule has 2 aromatic rings. The van der Waals surface area contributed by atoms with Gasteiger partial charge in [0.25, 0.3) is 11.8 Å². The van der Waals surface area contributed by atoms with Crippen molar-refractivity contribution >= 4 is 40.7 Å². The van der Waals surface area contributed by atoms with Crippen molar-refractivity contribution in [3.8, 4) is 0 Å². The topological polar surface area (TPSA) is 95.6 Å². The van der Waals surface area contributed by atoms with Gasteiger partial charge in [0, 0.05) is 29.8 Å². The maximum Gasteiger partial charge on any atom is 0.266 e. The molecule has 0 radical (unpaired) electrons. The quantitative estimate of drug-likeness (QED) is 0.793. The van der Waals surface area contributed by atoms with E-state index >= 15 is 0 Å². The highest BCUT2D eigenvalue weighted by atomic mass is 32.1. The number of imide groups is 1. The first-order chi connectivity index (χ1) is 13.0. The number of carbonyl (C=O) groups is 4. The molecule has 0 saturated carbocycles. The van der Waals surface area contributed by atoms with Crippen LogP contribution in [0.4, 0.5) is 5.69 Å². The van der Waals surface area contributed by atoms with Crippen LogP contribution in [-0.4, -0.2) is 34.6 Å². The lowest BCUT2D eigenvalue weighted by molar-refractivity contribution is -0.136. The fourth-order valence-corrected chi connectivity index (χ4v) is 4.31. The fourth-order valence-electron chi connectivity index (χ4n) is 3.49. The number of rotatable bonds is 3. The average Bonchev–Trinajstić information content (AvgIpc) is 3.20. The van der Waals surface area contributed by atoms with Crippen LogP contribution in [0, 0.1) is 6.92 Å². The number of piperidine rings is 1. The zero-order valence-corrected chi connectivity index (χ0v) is 15.4. The first-order valence-electron chi connectivity index (χ1n) is 8.57. The van der Waals surface area contributed by atoms with Gasteiger partial charge in [-0.2, -0.15) is 0 Å². The minimum atomic E-state index is -0.675. The number of aryl methyl sites for hydroxylation is 1. The van der Waals surface area contributed by atoms with Crippen molar-refractivity contribution in [3.05, 3.63) is 51.2 Å². The van der Waals surface area contributed by atoms with Crippen molar-refractivity contribution in [2.75, 3.05) is 5.32 Å². The highest BCUT2D eigenvalue weighted by Gasteiger charge is 2.40. The summed E-state index contributed by atoms with van der Waals surface area (Å²) in [6.45, 7) is 2.09. The molecule has 0 bridgehead atoms. The van der Waals surface area contributed by atoms with Crippen LogP contribution < -0.4 is 10.6 Å². The van der Waals surface area contributed by atoms with Crippen LogP contribution >= 0.6 is 11.3 Å². The summed E-state index contributed by atoms with van der Waals surface area (Å²) in [5, 5.41) is 7.03. The maximum atomic E-state index is 12.8. The van der Waals surface area contributed by atoms with E-state index in [-0.39, 0.29) is 30.7 Å². The van der Waals surface area contributed by atoms with Gasteiger partial charge >= 0.3 is 0 Å². The molecule has 1 aromatic carbocycles. The van der Waals surface area contributed by atoms with Gasteiger partial charge in [-0.25, -0.2) is 0 Å². The number of nitrogens with zero attached hydrogens (tertiary/aromatic N) is 1. The van der Waals surface area contributed by atoms with Gasteiger partial charge in [0.05, 0.1) is 4.88 Å². The number of amides is 4. The van der Waals surface area contributed by atoms with Gasteiger partial charge in [-0.3, -0.25) is 24.5 Å². The standard InChI is InChI=1S/C19H17N3O4S/c1-10-7-8-27-16(10)18(25)20-13-4-2-3-11-12(13)9-22(19(11)26)14-5-6-15(23)21-17(14)24/h2-4,7-8,14H,5-6,9H2,1H3,(H,20,25)(H,21,23,24). The number of benzene rings is 1. The second kappa shape index (κ2) is 6.62. The van der Waals surface area contributed by atoms with Crippen LogP contribution in [0.25, 0.3) is 0 Å². The molecule has 1 saturated heterocycles. The number of thiophene rings is 1. The molecule has 27 heavy (non-hydrogen) atoms. The molecule has 1 unspecified atom stereocenters. The number of nitrogens with one attached hydrogen (secondary N) is 2. The summed E-state index contributed by atoms with van der Waals surface area (Å²) >= 11 is 1.36. The van der Waals surface area contributed by atoms with Crippen molar-refractivity contribution in [2.24, 2.45) is 0 Å². The summed E-state index contributed by atoms with van der Waals surface area (Å²) in [7, 11) is 0. The van der Waals surface area contributed by atoms with Crippen molar-refractivity contribution in [3.63, 3.8) is 0 Å². The third-order valence-corrected chi connectivity index (χ3v) is 5.91. The normalized spacial score (nSPS) is 19.1. The van der Waals surface area contributed by atoms with E-state index in [0.717, 1.165) is 5.56 Å². The van der Waals surface area contributed by atoms with Gasteiger partial charge in [-0.15, -0.1) is 11.3 Å². The van der Waals surface area contributed by atoms with Gasteiger partial charge in [-0.05, 0) is 42.5 Å². The molecular formula is C19H17N3O4S. The predicted octanol–water partition coefficient (Wildman–Crippen LogP) is 2.07. The number of carbonyl (C=O) groups excluding carboxylic acids is 4. The first-order valence-corrected chi connectivity index (χ1v) is 9.45. The molecule has 2 aliphatic rings. The molecule has 1 atom stereocenters. The van der Waals surface area contributed by atoms with E-state index < -0.39 is 11.9 Å². The molecule has 1 fully saturated rings.